The Morgan fingerprint density at radius 1 is 1.36 bits per heavy atom. The molecule has 2 nitrogen and oxygen atoms in total. The lowest BCUT2D eigenvalue weighted by Crippen LogP contribution is -2.04. The summed E-state index contributed by atoms with van der Waals surface area (Å²) in [6.45, 7) is 4.53. The molecule has 0 aliphatic heterocycles. The van der Waals surface area contributed by atoms with Crippen molar-refractivity contribution in [2.45, 2.75) is 39.5 Å². The average molecular weight is 196 g/mol. The van der Waals surface area contributed by atoms with E-state index in [0.717, 1.165) is 19.3 Å². The highest BCUT2D eigenvalue weighted by atomic mass is 16.5. The predicted molar refractivity (Wildman–Crippen MR) is 59.1 cm³/mol. The molecule has 0 aromatic rings. The summed E-state index contributed by atoms with van der Waals surface area (Å²) in [7, 11) is 0. The summed E-state index contributed by atoms with van der Waals surface area (Å²) in [4.78, 5) is 11.0. The molecule has 0 fully saturated rings. The van der Waals surface area contributed by atoms with E-state index in [4.69, 9.17) is 4.74 Å². The van der Waals surface area contributed by atoms with Crippen LogP contribution in [-0.4, -0.2) is 12.6 Å². The maximum Gasteiger partial charge on any atom is 0.305 e. The van der Waals surface area contributed by atoms with Crippen molar-refractivity contribution >= 4 is 5.97 Å². The minimum Gasteiger partial charge on any atom is -0.465 e. The summed E-state index contributed by atoms with van der Waals surface area (Å²) in [5.74, 6) is -0.0775. The van der Waals surface area contributed by atoms with E-state index >= 15 is 0 Å². The maximum atomic E-state index is 11.0. The van der Waals surface area contributed by atoms with Gasteiger partial charge < -0.3 is 4.74 Å². The van der Waals surface area contributed by atoms with Gasteiger partial charge in [-0.15, -0.1) is 0 Å². The van der Waals surface area contributed by atoms with E-state index in [1.807, 2.05) is 31.2 Å². The van der Waals surface area contributed by atoms with E-state index in [0.29, 0.717) is 13.0 Å². The topological polar surface area (TPSA) is 26.3 Å². The number of esters is 1. The van der Waals surface area contributed by atoms with E-state index < -0.39 is 0 Å². The monoisotopic (exact) mass is 196 g/mol. The molecule has 0 aliphatic rings. The van der Waals surface area contributed by atoms with Gasteiger partial charge in [-0.05, 0) is 19.8 Å². The van der Waals surface area contributed by atoms with Crippen molar-refractivity contribution in [2.24, 2.45) is 0 Å². The van der Waals surface area contributed by atoms with Gasteiger partial charge in [0.15, 0.2) is 0 Å². The van der Waals surface area contributed by atoms with Crippen LogP contribution in [-0.2, 0) is 9.53 Å². The fourth-order valence-electron chi connectivity index (χ4n) is 0.920. The lowest BCUT2D eigenvalue weighted by atomic mass is 10.2. The number of allylic oxidation sites excluding steroid dienone is 3. The van der Waals surface area contributed by atoms with Crippen molar-refractivity contribution in [3.63, 3.8) is 0 Å². The van der Waals surface area contributed by atoms with Gasteiger partial charge in [-0.3, -0.25) is 4.79 Å². The first kappa shape index (κ1) is 12.9. The Kier molecular flexibility index (Phi) is 9.28. The number of carbonyl (C=O) groups excluding carboxylic acids is 1. The maximum absolute atomic E-state index is 11.0. The molecule has 0 saturated heterocycles. The molecule has 0 saturated carbocycles. The molecule has 2 heteroatoms. The number of hydrogen-bond acceptors (Lipinski definition) is 2. The van der Waals surface area contributed by atoms with Gasteiger partial charge in [0, 0.05) is 6.42 Å². The van der Waals surface area contributed by atoms with Crippen molar-refractivity contribution in [1.29, 1.82) is 0 Å². The summed E-state index contributed by atoms with van der Waals surface area (Å²) in [5, 5.41) is 0. The van der Waals surface area contributed by atoms with Crippen LogP contribution < -0.4 is 0 Å². The lowest BCUT2D eigenvalue weighted by molar-refractivity contribution is -0.143. The molecular formula is C12H20O2. The van der Waals surface area contributed by atoms with Crippen molar-refractivity contribution in [3.05, 3.63) is 24.3 Å². The quantitative estimate of drug-likeness (QED) is 0.355. The zero-order chi connectivity index (χ0) is 10.6. The predicted octanol–water partition coefficient (Wildman–Crippen LogP) is 3.24. The van der Waals surface area contributed by atoms with Gasteiger partial charge in [0.2, 0.25) is 0 Å². The summed E-state index contributed by atoms with van der Waals surface area (Å²) in [6.07, 6.45) is 11.2. The molecule has 0 bridgehead atoms. The van der Waals surface area contributed by atoms with Crippen LogP contribution in [0.4, 0.5) is 0 Å². The molecular weight excluding hydrogens is 176 g/mol. The minimum absolute atomic E-state index is 0.0775. The highest BCUT2D eigenvalue weighted by molar-refractivity contribution is 5.69. The van der Waals surface area contributed by atoms with Gasteiger partial charge in [-0.25, -0.2) is 0 Å². The van der Waals surface area contributed by atoms with Crippen LogP contribution in [0.15, 0.2) is 24.3 Å². The zero-order valence-corrected chi connectivity index (χ0v) is 9.16. The Labute approximate surface area is 86.6 Å². The Bertz CT molecular complexity index is 192. The summed E-state index contributed by atoms with van der Waals surface area (Å²) in [5.41, 5.74) is 0. The van der Waals surface area contributed by atoms with Crippen LogP contribution in [0, 0.1) is 0 Å². The van der Waals surface area contributed by atoms with Gasteiger partial charge in [-0.2, -0.15) is 0 Å². The second-order valence-corrected chi connectivity index (χ2v) is 3.07. The Morgan fingerprint density at radius 3 is 2.79 bits per heavy atom. The van der Waals surface area contributed by atoms with Crippen molar-refractivity contribution in [2.75, 3.05) is 6.61 Å². The molecule has 0 aliphatic carbocycles. The fourth-order valence-corrected chi connectivity index (χ4v) is 0.920. The number of unbranched alkanes of at least 4 members (excludes halogenated alkanes) is 1. The van der Waals surface area contributed by atoms with Crippen LogP contribution in [0.2, 0.25) is 0 Å². The van der Waals surface area contributed by atoms with Crippen LogP contribution in [0.3, 0.4) is 0 Å². The molecule has 0 rings (SSSR count). The Hall–Kier alpha value is -1.05. The molecule has 0 heterocycles. The van der Waals surface area contributed by atoms with Gasteiger partial charge in [0.25, 0.3) is 0 Å². The third kappa shape index (κ3) is 9.04. The zero-order valence-electron chi connectivity index (χ0n) is 9.16. The van der Waals surface area contributed by atoms with Crippen molar-refractivity contribution < 1.29 is 9.53 Å². The Morgan fingerprint density at radius 2 is 2.14 bits per heavy atom. The van der Waals surface area contributed by atoms with Gasteiger partial charge >= 0.3 is 5.97 Å². The largest absolute Gasteiger partial charge is 0.465 e. The second-order valence-electron chi connectivity index (χ2n) is 3.07. The molecule has 14 heavy (non-hydrogen) atoms. The molecule has 80 valence electrons. The SMILES string of the molecule is CC=CC=CCCOC(=O)CCCC. The van der Waals surface area contributed by atoms with Crippen LogP contribution in [0.1, 0.15) is 39.5 Å². The first-order chi connectivity index (χ1) is 6.81. The van der Waals surface area contributed by atoms with E-state index in [1.165, 1.54) is 0 Å². The molecule has 0 spiro atoms. The van der Waals surface area contributed by atoms with Crippen molar-refractivity contribution in [3.8, 4) is 0 Å². The number of carbonyl (C=O) groups is 1. The van der Waals surface area contributed by atoms with Crippen LogP contribution in [0.25, 0.3) is 0 Å². The normalized spacial score (nSPS) is 11.3. The number of hydrogen-bond donors (Lipinski definition) is 0. The third-order valence-corrected chi connectivity index (χ3v) is 1.72. The minimum atomic E-state index is -0.0775. The summed E-state index contributed by atoms with van der Waals surface area (Å²) in [6, 6.07) is 0. The van der Waals surface area contributed by atoms with Crippen molar-refractivity contribution in [1.82, 2.24) is 0 Å². The molecule has 0 radical (unpaired) electrons. The highest BCUT2D eigenvalue weighted by Gasteiger charge is 1.99. The summed E-state index contributed by atoms with van der Waals surface area (Å²) < 4.78 is 5.01. The van der Waals surface area contributed by atoms with Crippen LogP contribution >= 0.6 is 0 Å². The molecule has 0 atom stereocenters. The fraction of sp³-hybridized carbons (Fsp3) is 0.583. The first-order valence-electron chi connectivity index (χ1n) is 5.24. The van der Waals surface area contributed by atoms with Crippen LogP contribution in [0.5, 0.6) is 0 Å². The van der Waals surface area contributed by atoms with Gasteiger partial charge in [0.05, 0.1) is 6.61 Å². The Balaban J connectivity index is 3.31. The number of rotatable bonds is 7. The van der Waals surface area contributed by atoms with E-state index in [2.05, 4.69) is 6.92 Å². The first-order valence-corrected chi connectivity index (χ1v) is 5.24. The summed E-state index contributed by atoms with van der Waals surface area (Å²) >= 11 is 0. The molecule has 0 N–H and O–H groups in total. The smallest absolute Gasteiger partial charge is 0.305 e. The average Bonchev–Trinajstić information content (AvgIpc) is 2.20. The molecule has 0 unspecified atom stereocenters. The highest BCUT2D eigenvalue weighted by Crippen LogP contribution is 1.97. The second kappa shape index (κ2) is 10.0. The standard InChI is InChI=1S/C12H20O2/c1-3-5-7-8-9-11-14-12(13)10-6-4-2/h3,5,7-8H,4,6,9-11H2,1-2H3. The number of ether oxygens (including phenoxy) is 1. The molecule has 0 aromatic carbocycles. The molecule has 0 aromatic heterocycles. The third-order valence-electron chi connectivity index (χ3n) is 1.72. The van der Waals surface area contributed by atoms with Gasteiger partial charge in [-0.1, -0.05) is 37.6 Å². The van der Waals surface area contributed by atoms with E-state index in [-0.39, 0.29) is 5.97 Å². The van der Waals surface area contributed by atoms with E-state index in [9.17, 15) is 4.79 Å². The van der Waals surface area contributed by atoms with Gasteiger partial charge in [0.1, 0.15) is 0 Å². The molecule has 0 amide bonds. The lowest BCUT2D eigenvalue weighted by Gasteiger charge is -2.01. The van der Waals surface area contributed by atoms with E-state index in [1.54, 1.807) is 0 Å².